The zero-order valence-electron chi connectivity index (χ0n) is 23.5. The van der Waals surface area contributed by atoms with Gasteiger partial charge < -0.3 is 30.0 Å². The third kappa shape index (κ3) is 7.46. The SMILES string of the molecule is COc1cc2c(Oc3ccc(NC(=O)c4ccccc4)cc3)ccnc2cc1OCCCN[C@H](C(=O)O)c1ccccc1. The number of methoxy groups -OCH3 is 1. The summed E-state index contributed by atoms with van der Waals surface area (Å²) in [5.41, 5.74) is 2.59. The molecule has 9 heteroatoms. The van der Waals surface area contributed by atoms with Crippen LogP contribution in [0.2, 0.25) is 0 Å². The number of nitrogens with one attached hydrogen (secondary N) is 2. The van der Waals surface area contributed by atoms with E-state index in [4.69, 9.17) is 14.2 Å². The first-order valence-corrected chi connectivity index (χ1v) is 13.8. The van der Waals surface area contributed by atoms with E-state index in [0.717, 1.165) is 5.39 Å². The van der Waals surface area contributed by atoms with E-state index in [1.807, 2.05) is 42.5 Å². The molecular weight excluding hydrogens is 546 g/mol. The molecular formula is C34H31N3O6. The lowest BCUT2D eigenvalue weighted by Crippen LogP contribution is -2.29. The summed E-state index contributed by atoms with van der Waals surface area (Å²) in [6, 6.07) is 29.8. The average Bonchev–Trinajstić information content (AvgIpc) is 3.04. The van der Waals surface area contributed by atoms with E-state index in [-0.39, 0.29) is 5.91 Å². The van der Waals surface area contributed by atoms with Gasteiger partial charge in [0.2, 0.25) is 0 Å². The number of fused-ring (bicyclic) bond motifs is 1. The molecule has 3 N–H and O–H groups in total. The Kier molecular flexibility index (Phi) is 9.46. The van der Waals surface area contributed by atoms with E-state index in [1.54, 1.807) is 74.0 Å². The second-order valence-electron chi connectivity index (χ2n) is 9.61. The Hall–Kier alpha value is -5.41. The summed E-state index contributed by atoms with van der Waals surface area (Å²) < 4.78 is 17.7. The second kappa shape index (κ2) is 14.0. The van der Waals surface area contributed by atoms with Crippen molar-refractivity contribution in [3.63, 3.8) is 0 Å². The van der Waals surface area contributed by atoms with Crippen molar-refractivity contribution in [2.24, 2.45) is 0 Å². The molecule has 5 aromatic rings. The van der Waals surface area contributed by atoms with E-state index in [0.29, 0.717) is 64.9 Å². The molecule has 1 amide bonds. The van der Waals surface area contributed by atoms with Crippen LogP contribution in [-0.4, -0.2) is 42.2 Å². The number of amides is 1. The van der Waals surface area contributed by atoms with E-state index in [9.17, 15) is 14.7 Å². The fourth-order valence-electron chi connectivity index (χ4n) is 4.51. The molecule has 0 fully saturated rings. The van der Waals surface area contributed by atoms with Crippen molar-refractivity contribution < 1.29 is 28.9 Å². The summed E-state index contributed by atoms with van der Waals surface area (Å²) in [5, 5.41) is 16.3. The second-order valence-corrected chi connectivity index (χ2v) is 9.61. The number of aliphatic carboxylic acids is 1. The number of pyridine rings is 1. The van der Waals surface area contributed by atoms with Crippen LogP contribution in [0.25, 0.3) is 10.9 Å². The summed E-state index contributed by atoms with van der Waals surface area (Å²) in [5.74, 6) is 1.10. The third-order valence-electron chi connectivity index (χ3n) is 6.67. The quantitative estimate of drug-likeness (QED) is 0.136. The normalized spacial score (nSPS) is 11.5. The number of carbonyl (C=O) groups is 2. The number of carbonyl (C=O) groups excluding carboxylic acids is 1. The van der Waals surface area contributed by atoms with Crippen LogP contribution in [0.4, 0.5) is 5.69 Å². The molecule has 0 radical (unpaired) electrons. The number of nitrogens with zero attached hydrogens (tertiary/aromatic N) is 1. The molecule has 218 valence electrons. The Morgan fingerprint density at radius 3 is 2.28 bits per heavy atom. The first-order valence-electron chi connectivity index (χ1n) is 13.8. The number of ether oxygens (including phenoxy) is 3. The molecule has 1 atom stereocenters. The van der Waals surface area contributed by atoms with Crippen LogP contribution in [0.5, 0.6) is 23.0 Å². The molecule has 5 rings (SSSR count). The number of hydrogen-bond donors (Lipinski definition) is 3. The smallest absolute Gasteiger partial charge is 0.325 e. The molecule has 0 saturated heterocycles. The zero-order chi connectivity index (χ0) is 30.0. The van der Waals surface area contributed by atoms with E-state index >= 15 is 0 Å². The summed E-state index contributed by atoms with van der Waals surface area (Å²) in [7, 11) is 1.56. The van der Waals surface area contributed by atoms with Gasteiger partial charge in [-0.3, -0.25) is 14.6 Å². The number of carboxylic acids is 1. The number of rotatable bonds is 13. The van der Waals surface area contributed by atoms with Crippen LogP contribution in [0.1, 0.15) is 28.4 Å². The van der Waals surface area contributed by atoms with Gasteiger partial charge in [0.05, 0.1) is 19.2 Å². The Labute approximate surface area is 249 Å². The van der Waals surface area contributed by atoms with Gasteiger partial charge in [0.15, 0.2) is 11.5 Å². The lowest BCUT2D eigenvalue weighted by molar-refractivity contribution is -0.139. The van der Waals surface area contributed by atoms with Gasteiger partial charge in [0, 0.05) is 28.9 Å². The molecule has 0 unspecified atom stereocenters. The van der Waals surface area contributed by atoms with Gasteiger partial charge in [-0.05, 0) is 67.1 Å². The van der Waals surface area contributed by atoms with Gasteiger partial charge in [0.1, 0.15) is 17.5 Å². The lowest BCUT2D eigenvalue weighted by Gasteiger charge is -2.16. The van der Waals surface area contributed by atoms with Crippen LogP contribution >= 0.6 is 0 Å². The molecule has 0 aliphatic rings. The van der Waals surface area contributed by atoms with Gasteiger partial charge in [-0.15, -0.1) is 0 Å². The van der Waals surface area contributed by atoms with E-state index in [2.05, 4.69) is 15.6 Å². The minimum atomic E-state index is -0.932. The largest absolute Gasteiger partial charge is 0.493 e. The predicted octanol–water partition coefficient (Wildman–Crippen LogP) is 6.47. The van der Waals surface area contributed by atoms with Crippen molar-refractivity contribution in [3.8, 4) is 23.0 Å². The van der Waals surface area contributed by atoms with E-state index < -0.39 is 12.0 Å². The first kappa shape index (κ1) is 29.1. The molecule has 43 heavy (non-hydrogen) atoms. The average molecular weight is 578 g/mol. The van der Waals surface area contributed by atoms with Gasteiger partial charge in [-0.2, -0.15) is 0 Å². The molecule has 9 nitrogen and oxygen atoms in total. The summed E-state index contributed by atoms with van der Waals surface area (Å²) in [6.07, 6.45) is 2.23. The van der Waals surface area contributed by atoms with Crippen molar-refractivity contribution in [3.05, 3.63) is 120 Å². The van der Waals surface area contributed by atoms with Gasteiger partial charge >= 0.3 is 5.97 Å². The fraction of sp³-hybridized carbons (Fsp3) is 0.147. The maximum Gasteiger partial charge on any atom is 0.325 e. The topological polar surface area (TPSA) is 119 Å². The summed E-state index contributed by atoms with van der Waals surface area (Å²) >= 11 is 0. The zero-order valence-corrected chi connectivity index (χ0v) is 23.5. The Bertz CT molecular complexity index is 1680. The first-order chi connectivity index (χ1) is 21.0. The van der Waals surface area contributed by atoms with E-state index in [1.165, 1.54) is 0 Å². The van der Waals surface area contributed by atoms with Crippen LogP contribution in [-0.2, 0) is 4.79 Å². The molecule has 1 aromatic heterocycles. The van der Waals surface area contributed by atoms with Crippen molar-refractivity contribution in [1.82, 2.24) is 10.3 Å². The third-order valence-corrected chi connectivity index (χ3v) is 6.67. The van der Waals surface area contributed by atoms with Gasteiger partial charge in [-0.1, -0.05) is 48.5 Å². The van der Waals surface area contributed by atoms with Crippen molar-refractivity contribution in [2.45, 2.75) is 12.5 Å². The number of anilines is 1. The molecule has 0 bridgehead atoms. The van der Waals surface area contributed by atoms with Crippen molar-refractivity contribution in [2.75, 3.05) is 25.6 Å². The molecule has 4 aromatic carbocycles. The van der Waals surface area contributed by atoms with Gasteiger partial charge in [0.25, 0.3) is 5.91 Å². The van der Waals surface area contributed by atoms with Crippen molar-refractivity contribution in [1.29, 1.82) is 0 Å². The lowest BCUT2D eigenvalue weighted by atomic mass is 10.1. The summed E-state index contributed by atoms with van der Waals surface area (Å²) in [6.45, 7) is 0.798. The standard InChI is InChI=1S/C34H31N3O6/c1-41-30-21-27-28(22-31(30)42-20-8-18-36-32(34(39)40)23-9-4-2-5-10-23)35-19-17-29(27)43-26-15-13-25(14-16-26)37-33(38)24-11-6-3-7-12-24/h2-7,9-17,19,21-22,32,36H,8,18,20H2,1H3,(H,37,38)(H,39,40)/t32-/m0/s1. The highest BCUT2D eigenvalue weighted by atomic mass is 16.5. The molecule has 0 spiro atoms. The maximum atomic E-state index is 12.4. The molecule has 0 aliphatic carbocycles. The minimum Gasteiger partial charge on any atom is -0.493 e. The van der Waals surface area contributed by atoms with Crippen LogP contribution in [0, 0.1) is 0 Å². The summed E-state index contributed by atoms with van der Waals surface area (Å²) in [4.78, 5) is 28.6. The molecule has 1 heterocycles. The Morgan fingerprint density at radius 1 is 0.860 bits per heavy atom. The van der Waals surface area contributed by atoms with Gasteiger partial charge in [-0.25, -0.2) is 0 Å². The number of carboxylic acid groups (broad SMARTS) is 1. The molecule has 0 saturated carbocycles. The molecule has 0 aliphatic heterocycles. The van der Waals surface area contributed by atoms with Crippen LogP contribution in [0.15, 0.2) is 109 Å². The highest BCUT2D eigenvalue weighted by Crippen LogP contribution is 2.37. The Balaban J connectivity index is 1.21. The number of aromatic nitrogens is 1. The monoisotopic (exact) mass is 577 g/mol. The highest BCUT2D eigenvalue weighted by Gasteiger charge is 2.18. The minimum absolute atomic E-state index is 0.188. The van der Waals surface area contributed by atoms with Crippen LogP contribution < -0.4 is 24.8 Å². The Morgan fingerprint density at radius 2 is 1.58 bits per heavy atom. The maximum absolute atomic E-state index is 12.4. The predicted molar refractivity (Wildman–Crippen MR) is 164 cm³/mol. The van der Waals surface area contributed by atoms with Crippen molar-refractivity contribution >= 4 is 28.5 Å². The fourth-order valence-corrected chi connectivity index (χ4v) is 4.51. The van der Waals surface area contributed by atoms with Crippen LogP contribution in [0.3, 0.4) is 0 Å². The number of hydrogen-bond acceptors (Lipinski definition) is 7. The number of benzene rings is 4. The highest BCUT2D eigenvalue weighted by molar-refractivity contribution is 6.04.